The van der Waals surface area contributed by atoms with E-state index in [1.54, 1.807) is 24.1 Å². The van der Waals surface area contributed by atoms with Gasteiger partial charge in [-0.25, -0.2) is 4.39 Å². The molecule has 2 atom stereocenters. The molecule has 0 saturated heterocycles. The summed E-state index contributed by atoms with van der Waals surface area (Å²) in [4.78, 5) is 14.4. The maximum absolute atomic E-state index is 13.9. The quantitative estimate of drug-likeness (QED) is 0.682. The Morgan fingerprint density at radius 1 is 1.00 bits per heavy atom. The van der Waals surface area contributed by atoms with E-state index in [1.807, 2.05) is 42.5 Å². The number of hydrogen-bond donors (Lipinski definition) is 0. The number of rotatable bonds is 3. The molecule has 3 heteroatoms. The smallest absolute Gasteiger partial charge is 0.230 e. The first-order valence-electron chi connectivity index (χ1n) is 8.16. The van der Waals surface area contributed by atoms with Crippen molar-refractivity contribution in [1.82, 2.24) is 0 Å². The maximum atomic E-state index is 13.9. The molecule has 2 unspecified atom stereocenters. The molecule has 3 aromatic rings. The molecule has 2 nitrogen and oxygen atoms in total. The number of amides is 1. The Bertz CT molecular complexity index is 920. The molecular weight excluding hydrogens is 301 g/mol. The monoisotopic (exact) mass is 319 g/mol. The molecule has 1 saturated carbocycles. The lowest BCUT2D eigenvalue weighted by Gasteiger charge is -2.18. The number of fused-ring (bicyclic) bond motifs is 1. The van der Waals surface area contributed by atoms with Crippen molar-refractivity contribution in [2.24, 2.45) is 5.92 Å². The van der Waals surface area contributed by atoms with Crippen molar-refractivity contribution >= 4 is 22.4 Å². The van der Waals surface area contributed by atoms with Crippen LogP contribution in [-0.4, -0.2) is 13.0 Å². The molecule has 0 heterocycles. The number of carbonyl (C=O) groups is 1. The Morgan fingerprint density at radius 3 is 2.50 bits per heavy atom. The fraction of sp³-hybridized carbons (Fsp3) is 0.190. The van der Waals surface area contributed by atoms with Crippen LogP contribution >= 0.6 is 0 Å². The van der Waals surface area contributed by atoms with Gasteiger partial charge in [0.25, 0.3) is 0 Å². The van der Waals surface area contributed by atoms with E-state index < -0.39 is 0 Å². The van der Waals surface area contributed by atoms with Crippen LogP contribution in [0, 0.1) is 11.7 Å². The van der Waals surface area contributed by atoms with Gasteiger partial charge >= 0.3 is 0 Å². The third-order valence-electron chi connectivity index (χ3n) is 4.86. The van der Waals surface area contributed by atoms with Crippen molar-refractivity contribution < 1.29 is 9.18 Å². The fourth-order valence-corrected chi connectivity index (χ4v) is 3.35. The summed E-state index contributed by atoms with van der Waals surface area (Å²) >= 11 is 0. The topological polar surface area (TPSA) is 20.3 Å². The lowest BCUT2D eigenvalue weighted by atomic mass is 10.1. The van der Waals surface area contributed by atoms with Crippen LogP contribution in [0.1, 0.15) is 17.9 Å². The van der Waals surface area contributed by atoms with Crippen LogP contribution in [0.15, 0.2) is 66.7 Å². The Kier molecular flexibility index (Phi) is 3.57. The highest BCUT2D eigenvalue weighted by molar-refractivity contribution is 5.99. The maximum Gasteiger partial charge on any atom is 0.230 e. The lowest BCUT2D eigenvalue weighted by Crippen LogP contribution is -2.28. The second-order valence-electron chi connectivity index (χ2n) is 6.40. The van der Waals surface area contributed by atoms with Crippen LogP contribution in [0.5, 0.6) is 0 Å². The van der Waals surface area contributed by atoms with Crippen molar-refractivity contribution in [3.05, 3.63) is 78.1 Å². The zero-order valence-electron chi connectivity index (χ0n) is 13.4. The summed E-state index contributed by atoms with van der Waals surface area (Å²) in [6.07, 6.45) is 0.720. The Morgan fingerprint density at radius 2 is 1.71 bits per heavy atom. The molecule has 0 radical (unpaired) electrons. The molecule has 1 amide bonds. The summed E-state index contributed by atoms with van der Waals surface area (Å²) in [5.74, 6) is -0.287. The summed E-state index contributed by atoms with van der Waals surface area (Å²) in [6, 6.07) is 20.8. The van der Waals surface area contributed by atoms with Gasteiger partial charge in [-0.3, -0.25) is 4.79 Å². The molecule has 0 spiro atoms. The van der Waals surface area contributed by atoms with Gasteiger partial charge in [0.1, 0.15) is 5.82 Å². The average Bonchev–Trinajstić information content (AvgIpc) is 3.41. The Balaban J connectivity index is 1.55. The highest BCUT2D eigenvalue weighted by Crippen LogP contribution is 2.49. The Labute approximate surface area is 140 Å². The number of hydrogen-bond acceptors (Lipinski definition) is 1. The summed E-state index contributed by atoms with van der Waals surface area (Å²) in [5.41, 5.74) is 1.53. The number of benzene rings is 3. The van der Waals surface area contributed by atoms with Crippen LogP contribution in [-0.2, 0) is 4.79 Å². The van der Waals surface area contributed by atoms with Gasteiger partial charge in [-0.05, 0) is 46.9 Å². The third kappa shape index (κ3) is 2.56. The summed E-state index contributed by atoms with van der Waals surface area (Å²) in [5, 5.41) is 2.26. The first-order valence-corrected chi connectivity index (χ1v) is 8.16. The average molecular weight is 319 g/mol. The van der Waals surface area contributed by atoms with Crippen LogP contribution in [0.25, 0.3) is 10.8 Å². The molecule has 0 aliphatic heterocycles. The number of halogens is 1. The molecular formula is C21H18FNO. The molecule has 1 aliphatic carbocycles. The Hall–Kier alpha value is -2.68. The van der Waals surface area contributed by atoms with Gasteiger partial charge in [0.2, 0.25) is 5.91 Å². The largest absolute Gasteiger partial charge is 0.315 e. The van der Waals surface area contributed by atoms with Gasteiger partial charge in [-0.15, -0.1) is 0 Å². The van der Waals surface area contributed by atoms with E-state index in [0.29, 0.717) is 5.56 Å². The van der Waals surface area contributed by atoms with Gasteiger partial charge in [0.05, 0.1) is 0 Å². The van der Waals surface area contributed by atoms with Crippen molar-refractivity contribution in [3.8, 4) is 0 Å². The third-order valence-corrected chi connectivity index (χ3v) is 4.86. The fourth-order valence-electron chi connectivity index (χ4n) is 3.35. The summed E-state index contributed by atoms with van der Waals surface area (Å²) in [6.45, 7) is 0. The molecule has 3 aromatic carbocycles. The van der Waals surface area contributed by atoms with Crippen molar-refractivity contribution in [1.29, 1.82) is 0 Å². The standard InChI is InChI=1S/C21H18FNO/c1-23(16-11-10-14-6-2-3-7-15(14)12-16)21(24)19-13-18(19)17-8-4-5-9-20(17)22/h2-12,18-19H,13H2,1H3. The van der Waals surface area contributed by atoms with E-state index in [4.69, 9.17) is 0 Å². The van der Waals surface area contributed by atoms with E-state index in [-0.39, 0.29) is 23.6 Å². The molecule has 0 N–H and O–H groups in total. The van der Waals surface area contributed by atoms with Gasteiger partial charge in [0, 0.05) is 18.7 Å². The van der Waals surface area contributed by atoms with Crippen LogP contribution < -0.4 is 4.90 Å². The van der Waals surface area contributed by atoms with Gasteiger partial charge < -0.3 is 4.90 Å². The highest BCUT2D eigenvalue weighted by Gasteiger charge is 2.46. The molecule has 0 aromatic heterocycles. The van der Waals surface area contributed by atoms with Crippen LogP contribution in [0.3, 0.4) is 0 Å². The number of nitrogens with zero attached hydrogens (tertiary/aromatic N) is 1. The summed E-state index contributed by atoms with van der Waals surface area (Å²) in [7, 11) is 1.79. The summed E-state index contributed by atoms with van der Waals surface area (Å²) < 4.78 is 13.9. The van der Waals surface area contributed by atoms with Gasteiger partial charge in [0.15, 0.2) is 0 Å². The van der Waals surface area contributed by atoms with Crippen LogP contribution in [0.2, 0.25) is 0 Å². The first-order chi connectivity index (χ1) is 11.6. The normalized spacial score (nSPS) is 19.2. The minimum Gasteiger partial charge on any atom is -0.315 e. The van der Waals surface area contributed by atoms with E-state index in [1.165, 1.54) is 6.07 Å². The highest BCUT2D eigenvalue weighted by atomic mass is 19.1. The van der Waals surface area contributed by atoms with Gasteiger partial charge in [-0.1, -0.05) is 48.5 Å². The van der Waals surface area contributed by atoms with E-state index in [2.05, 4.69) is 6.07 Å². The predicted molar refractivity (Wildman–Crippen MR) is 94.6 cm³/mol. The van der Waals surface area contributed by atoms with Crippen molar-refractivity contribution in [2.75, 3.05) is 11.9 Å². The van der Waals surface area contributed by atoms with E-state index in [9.17, 15) is 9.18 Å². The molecule has 4 rings (SSSR count). The van der Waals surface area contributed by atoms with Crippen molar-refractivity contribution in [2.45, 2.75) is 12.3 Å². The molecule has 1 fully saturated rings. The first kappa shape index (κ1) is 14.9. The van der Waals surface area contributed by atoms with Gasteiger partial charge in [-0.2, -0.15) is 0 Å². The van der Waals surface area contributed by atoms with E-state index >= 15 is 0 Å². The second-order valence-corrected chi connectivity index (χ2v) is 6.40. The predicted octanol–water partition coefficient (Wildman–Crippen LogP) is 4.75. The zero-order chi connectivity index (χ0) is 16.7. The molecule has 24 heavy (non-hydrogen) atoms. The molecule has 120 valence electrons. The van der Waals surface area contributed by atoms with Crippen LogP contribution in [0.4, 0.5) is 10.1 Å². The van der Waals surface area contributed by atoms with Crippen molar-refractivity contribution in [3.63, 3.8) is 0 Å². The molecule has 1 aliphatic rings. The minimum absolute atomic E-state index is 0.00149. The zero-order valence-corrected chi connectivity index (χ0v) is 13.4. The number of anilines is 1. The van der Waals surface area contributed by atoms with E-state index in [0.717, 1.165) is 22.9 Å². The SMILES string of the molecule is CN(C(=O)C1CC1c1ccccc1F)c1ccc2ccccc2c1. The second kappa shape index (κ2) is 5.75. The number of carbonyl (C=O) groups excluding carboxylic acids is 1. The minimum atomic E-state index is -0.217. The molecule has 0 bridgehead atoms. The lowest BCUT2D eigenvalue weighted by molar-refractivity contribution is -0.119.